The topological polar surface area (TPSA) is 118 Å². The Hall–Kier alpha value is -3.24. The zero-order chi connectivity index (χ0) is 27.3. The molecule has 0 heterocycles. The summed E-state index contributed by atoms with van der Waals surface area (Å²) in [5.74, 6) is 0.727. The van der Waals surface area contributed by atoms with Gasteiger partial charge in [-0.25, -0.2) is 4.79 Å². The second-order valence-electron chi connectivity index (χ2n) is 8.19. The molecule has 0 aromatic heterocycles. The van der Waals surface area contributed by atoms with E-state index in [0.717, 1.165) is 24.7 Å². The smallest absolute Gasteiger partial charge is 0.331 e. The third-order valence-corrected chi connectivity index (χ3v) is 5.69. The van der Waals surface area contributed by atoms with Gasteiger partial charge in [-0.1, -0.05) is 25.5 Å². The first-order valence-electron chi connectivity index (χ1n) is 12.1. The number of carboxylic acid groups (broad SMARTS) is 1. The van der Waals surface area contributed by atoms with Crippen LogP contribution in [-0.4, -0.2) is 59.3 Å². The van der Waals surface area contributed by atoms with Crippen LogP contribution < -0.4 is 18.4 Å². The summed E-state index contributed by atoms with van der Waals surface area (Å²) >= 11 is 0. The van der Waals surface area contributed by atoms with Gasteiger partial charge < -0.3 is 28.2 Å². The molecule has 2 aromatic rings. The molecule has 0 aliphatic carbocycles. The summed E-state index contributed by atoms with van der Waals surface area (Å²) in [5.41, 5.74) is 1.75. The normalized spacial score (nSPS) is 11.7. The molecule has 9 nitrogen and oxygen atoms in total. The number of aliphatic carboxylic acids is 1. The molecule has 0 aliphatic rings. The van der Waals surface area contributed by atoms with Crippen LogP contribution in [0.3, 0.4) is 0 Å². The standard InChI is InChI=1S/C27H36O9S/c1-5-7-14-34-26-18-20(17-22(27(28)29)12-15-33-6-2)8-11-24(26)35-16-13-21-9-10-23(19-25(21)32-3)36-37(4,30)31/h8-11,17-19H,5-7,12-16H2,1-4H3,(H,28,29)/b22-17-. The van der Waals surface area contributed by atoms with E-state index < -0.39 is 16.1 Å². The van der Waals surface area contributed by atoms with Crippen molar-refractivity contribution in [2.24, 2.45) is 0 Å². The molecule has 37 heavy (non-hydrogen) atoms. The van der Waals surface area contributed by atoms with E-state index >= 15 is 0 Å². The lowest BCUT2D eigenvalue weighted by Crippen LogP contribution is -2.08. The summed E-state index contributed by atoms with van der Waals surface area (Å²) in [5, 5.41) is 9.54. The molecule has 0 radical (unpaired) electrons. The molecule has 0 saturated heterocycles. The van der Waals surface area contributed by atoms with Crippen molar-refractivity contribution in [3.8, 4) is 23.0 Å². The zero-order valence-corrected chi connectivity index (χ0v) is 22.6. The Bertz CT molecular complexity index is 1160. The minimum absolute atomic E-state index is 0.168. The van der Waals surface area contributed by atoms with E-state index in [2.05, 4.69) is 6.92 Å². The number of benzene rings is 2. The lowest BCUT2D eigenvalue weighted by Gasteiger charge is -2.15. The van der Waals surface area contributed by atoms with Crippen molar-refractivity contribution in [2.75, 3.05) is 39.8 Å². The van der Waals surface area contributed by atoms with Crippen molar-refractivity contribution < 1.29 is 41.4 Å². The average molecular weight is 537 g/mol. The van der Waals surface area contributed by atoms with Gasteiger partial charge >= 0.3 is 16.1 Å². The van der Waals surface area contributed by atoms with E-state index in [1.807, 2.05) is 6.92 Å². The van der Waals surface area contributed by atoms with Gasteiger partial charge in [-0.05, 0) is 48.7 Å². The SMILES string of the molecule is CCCCOc1cc(/C=C(/CCOCC)C(=O)O)ccc1OCCc1ccc(OS(C)(=O)=O)cc1OC. The average Bonchev–Trinajstić information content (AvgIpc) is 2.84. The number of carboxylic acids is 1. The molecular weight excluding hydrogens is 500 g/mol. The molecule has 2 rings (SSSR count). The van der Waals surface area contributed by atoms with Crippen molar-refractivity contribution in [3.63, 3.8) is 0 Å². The largest absolute Gasteiger partial charge is 0.496 e. The molecule has 1 N–H and O–H groups in total. The first-order valence-corrected chi connectivity index (χ1v) is 14.0. The van der Waals surface area contributed by atoms with Crippen molar-refractivity contribution in [3.05, 3.63) is 53.1 Å². The van der Waals surface area contributed by atoms with Crippen molar-refractivity contribution in [1.82, 2.24) is 0 Å². The van der Waals surface area contributed by atoms with E-state index in [1.54, 1.807) is 36.4 Å². The molecular formula is C27H36O9S. The summed E-state index contributed by atoms with van der Waals surface area (Å²) in [6, 6.07) is 10.1. The highest BCUT2D eigenvalue weighted by molar-refractivity contribution is 7.86. The quantitative estimate of drug-likeness (QED) is 0.174. The maximum atomic E-state index is 11.7. The molecule has 0 spiro atoms. The van der Waals surface area contributed by atoms with Gasteiger partial charge in [0.05, 0.1) is 33.2 Å². The Morgan fingerprint density at radius 1 is 0.973 bits per heavy atom. The lowest BCUT2D eigenvalue weighted by molar-refractivity contribution is -0.132. The van der Waals surface area contributed by atoms with Gasteiger partial charge in [0.2, 0.25) is 0 Å². The fraction of sp³-hybridized carbons (Fsp3) is 0.444. The van der Waals surface area contributed by atoms with Crippen molar-refractivity contribution >= 4 is 22.2 Å². The Morgan fingerprint density at radius 2 is 1.73 bits per heavy atom. The number of hydrogen-bond donors (Lipinski definition) is 1. The Morgan fingerprint density at radius 3 is 2.38 bits per heavy atom. The van der Waals surface area contributed by atoms with Crippen LogP contribution in [0, 0.1) is 0 Å². The van der Waals surface area contributed by atoms with Gasteiger partial charge in [0.1, 0.15) is 11.5 Å². The molecule has 0 aliphatic heterocycles. The van der Waals surface area contributed by atoms with Crippen LogP contribution in [0.25, 0.3) is 6.08 Å². The highest BCUT2D eigenvalue weighted by Crippen LogP contribution is 2.31. The summed E-state index contributed by atoms with van der Waals surface area (Å²) in [4.78, 5) is 11.7. The van der Waals surface area contributed by atoms with Gasteiger partial charge in [0.15, 0.2) is 11.5 Å². The predicted molar refractivity (Wildman–Crippen MR) is 141 cm³/mol. The summed E-state index contributed by atoms with van der Waals surface area (Å²) in [7, 11) is -2.15. The third kappa shape index (κ3) is 10.7. The van der Waals surface area contributed by atoms with Crippen LogP contribution in [0.5, 0.6) is 23.0 Å². The second kappa shape index (κ2) is 15.1. The Labute approximate surface area is 219 Å². The first-order chi connectivity index (χ1) is 17.7. The maximum Gasteiger partial charge on any atom is 0.331 e. The van der Waals surface area contributed by atoms with Gasteiger partial charge in [-0.3, -0.25) is 0 Å². The predicted octanol–water partition coefficient (Wildman–Crippen LogP) is 4.73. The number of carbonyl (C=O) groups is 1. The molecule has 2 aromatic carbocycles. The van der Waals surface area contributed by atoms with Crippen molar-refractivity contribution in [2.45, 2.75) is 39.5 Å². The van der Waals surface area contributed by atoms with Crippen LogP contribution in [0.2, 0.25) is 0 Å². The van der Waals surface area contributed by atoms with Gasteiger partial charge in [0.25, 0.3) is 0 Å². The van der Waals surface area contributed by atoms with Crippen molar-refractivity contribution in [1.29, 1.82) is 0 Å². The minimum atomic E-state index is -3.64. The lowest BCUT2D eigenvalue weighted by atomic mass is 10.1. The van der Waals surface area contributed by atoms with E-state index in [0.29, 0.717) is 62.1 Å². The number of rotatable bonds is 17. The van der Waals surface area contributed by atoms with E-state index in [1.165, 1.54) is 13.2 Å². The van der Waals surface area contributed by atoms with Crippen LogP contribution in [0.4, 0.5) is 0 Å². The van der Waals surface area contributed by atoms with Gasteiger partial charge in [-0.15, -0.1) is 0 Å². The molecule has 204 valence electrons. The second-order valence-corrected chi connectivity index (χ2v) is 9.76. The van der Waals surface area contributed by atoms with E-state index in [4.69, 9.17) is 23.1 Å². The number of methoxy groups -OCH3 is 1. The molecule has 0 saturated carbocycles. The molecule has 0 amide bonds. The highest BCUT2D eigenvalue weighted by atomic mass is 32.2. The molecule has 0 atom stereocenters. The Balaban J connectivity index is 2.17. The zero-order valence-electron chi connectivity index (χ0n) is 21.8. The summed E-state index contributed by atoms with van der Waals surface area (Å²) in [6.45, 7) is 5.60. The van der Waals surface area contributed by atoms with E-state index in [9.17, 15) is 18.3 Å². The maximum absolute atomic E-state index is 11.7. The number of hydrogen-bond acceptors (Lipinski definition) is 8. The molecule has 0 unspecified atom stereocenters. The van der Waals surface area contributed by atoms with Gasteiger partial charge in [-0.2, -0.15) is 8.42 Å². The minimum Gasteiger partial charge on any atom is -0.496 e. The van der Waals surface area contributed by atoms with Crippen LogP contribution in [0.15, 0.2) is 42.0 Å². The first kappa shape index (κ1) is 30.0. The Kier molecular flexibility index (Phi) is 12.2. The van der Waals surface area contributed by atoms with Crippen LogP contribution in [-0.2, 0) is 26.1 Å². The molecule has 0 fully saturated rings. The molecule has 10 heteroatoms. The number of ether oxygens (including phenoxy) is 4. The van der Waals surface area contributed by atoms with Gasteiger partial charge in [0, 0.05) is 31.1 Å². The summed E-state index contributed by atoms with van der Waals surface area (Å²) in [6.07, 6.45) is 5.21. The fourth-order valence-corrected chi connectivity index (χ4v) is 3.82. The summed E-state index contributed by atoms with van der Waals surface area (Å²) < 4.78 is 50.3. The third-order valence-electron chi connectivity index (χ3n) is 5.19. The number of unbranched alkanes of at least 4 members (excludes halogenated alkanes) is 1. The fourth-order valence-electron chi connectivity index (χ4n) is 3.37. The highest BCUT2D eigenvalue weighted by Gasteiger charge is 2.13. The van der Waals surface area contributed by atoms with Crippen LogP contribution in [0.1, 0.15) is 44.2 Å². The monoisotopic (exact) mass is 536 g/mol. The van der Waals surface area contributed by atoms with E-state index in [-0.39, 0.29) is 11.3 Å². The van der Waals surface area contributed by atoms with Crippen LogP contribution >= 0.6 is 0 Å². The molecule has 0 bridgehead atoms.